The fourth-order valence-electron chi connectivity index (χ4n) is 1.56. The first kappa shape index (κ1) is 13.5. The van der Waals surface area contributed by atoms with Gasteiger partial charge in [0.15, 0.2) is 10.2 Å². The first-order valence-corrected chi connectivity index (χ1v) is 9.61. The van der Waals surface area contributed by atoms with Crippen LogP contribution in [0.25, 0.3) is 0 Å². The average Bonchev–Trinajstić information content (AvgIpc) is 2.95. The smallest absolute Gasteiger partial charge is 0.215 e. The van der Waals surface area contributed by atoms with Gasteiger partial charge in [-0.25, -0.2) is 4.99 Å². The average molecular weight is 331 g/mol. The van der Waals surface area contributed by atoms with Crippen molar-refractivity contribution >= 4 is 60.2 Å². The summed E-state index contributed by atoms with van der Waals surface area (Å²) in [5.74, 6) is 2.49. The molecule has 1 atom stereocenters. The highest BCUT2D eigenvalue weighted by Crippen LogP contribution is 2.44. The Balaban J connectivity index is 1.51. The molecule has 0 saturated heterocycles. The number of hydrogen-bond acceptors (Lipinski definition) is 5. The number of aryl methyl sites for hydroxylation is 1. The third-order valence-corrected chi connectivity index (χ3v) is 6.64. The van der Waals surface area contributed by atoms with Gasteiger partial charge >= 0.3 is 0 Å². The zero-order chi connectivity index (χ0) is 13.2. The summed E-state index contributed by atoms with van der Waals surface area (Å²) in [6, 6.07) is 8.58. The number of halogens is 1. The summed E-state index contributed by atoms with van der Waals surface area (Å²) in [4.78, 5) is 5.18. The van der Waals surface area contributed by atoms with Gasteiger partial charge < -0.3 is 4.18 Å². The molecule has 100 valence electrons. The van der Waals surface area contributed by atoms with Crippen LogP contribution in [0.2, 0.25) is 0 Å². The van der Waals surface area contributed by atoms with Crippen LogP contribution >= 0.6 is 44.1 Å². The highest BCUT2D eigenvalue weighted by Gasteiger charge is 2.27. The molecule has 7 heteroatoms. The first-order valence-electron chi connectivity index (χ1n) is 5.64. The summed E-state index contributed by atoms with van der Waals surface area (Å²) in [6.45, 7) is 2.10. The predicted octanol–water partition coefficient (Wildman–Crippen LogP) is 4.18. The molecule has 1 aromatic carbocycles. The van der Waals surface area contributed by atoms with Crippen LogP contribution in [0.4, 0.5) is 0 Å². The molecule has 0 spiro atoms. The standard InChI is InChI=1S/C12H11ClN2OS3/c1-8-2-4-9(5-3-8)6-17-7-10-14-12-11(13)15-18-19(12)16-10/h2-5H,6-7H2,1H3. The fraction of sp³-hybridized carbons (Fsp3) is 0.250. The van der Waals surface area contributed by atoms with Gasteiger partial charge in [0.05, 0.1) is 16.7 Å². The van der Waals surface area contributed by atoms with E-state index in [0.29, 0.717) is 5.17 Å². The van der Waals surface area contributed by atoms with Crippen LogP contribution in [0.3, 0.4) is 0 Å². The molecule has 2 heterocycles. The van der Waals surface area contributed by atoms with Crippen molar-refractivity contribution in [2.45, 2.75) is 12.7 Å². The third-order valence-electron chi connectivity index (χ3n) is 2.53. The zero-order valence-electron chi connectivity index (χ0n) is 10.1. The number of aliphatic imine (C=N–C) groups is 1. The summed E-state index contributed by atoms with van der Waals surface area (Å²) >= 11 is 7.72. The van der Waals surface area contributed by atoms with Gasteiger partial charge in [-0.15, -0.1) is 11.8 Å². The molecule has 3 rings (SSSR count). The molecular weight excluding hydrogens is 320 g/mol. The molecule has 0 fully saturated rings. The van der Waals surface area contributed by atoms with Crippen molar-refractivity contribution in [2.75, 3.05) is 5.75 Å². The highest BCUT2D eigenvalue weighted by atomic mass is 35.5. The van der Waals surface area contributed by atoms with E-state index in [1.807, 2.05) is 0 Å². The van der Waals surface area contributed by atoms with E-state index in [1.54, 1.807) is 11.8 Å². The SMILES string of the molecule is Cc1ccc(CSCC2=NC3=S(O2)SN=C3Cl)cc1. The topological polar surface area (TPSA) is 34.0 Å². The number of nitrogens with zero attached hydrogens (tertiary/aromatic N) is 2. The van der Waals surface area contributed by atoms with E-state index in [1.165, 1.54) is 22.1 Å². The lowest BCUT2D eigenvalue weighted by molar-refractivity contribution is 0.656. The lowest BCUT2D eigenvalue weighted by Gasteiger charge is -2.04. The van der Waals surface area contributed by atoms with Gasteiger partial charge in [-0.2, -0.15) is 4.40 Å². The molecule has 0 aliphatic carbocycles. The molecule has 0 bridgehead atoms. The minimum atomic E-state index is -0.398. The molecule has 2 aliphatic heterocycles. The molecule has 0 radical (unpaired) electrons. The minimum Gasteiger partial charge on any atom is -0.403 e. The molecule has 0 aromatic heterocycles. The summed E-state index contributed by atoms with van der Waals surface area (Å²) in [5.41, 5.74) is 2.60. The monoisotopic (exact) mass is 330 g/mol. The van der Waals surface area contributed by atoms with Crippen molar-refractivity contribution in [3.05, 3.63) is 35.4 Å². The second kappa shape index (κ2) is 5.91. The van der Waals surface area contributed by atoms with Crippen LogP contribution in [0.1, 0.15) is 11.1 Å². The van der Waals surface area contributed by atoms with Crippen LogP contribution in [0.5, 0.6) is 0 Å². The maximum atomic E-state index is 5.93. The third kappa shape index (κ3) is 3.18. The van der Waals surface area contributed by atoms with Crippen molar-refractivity contribution in [3.8, 4) is 0 Å². The molecule has 1 aromatic rings. The van der Waals surface area contributed by atoms with Gasteiger partial charge in [-0.05, 0) is 12.5 Å². The molecule has 3 nitrogen and oxygen atoms in total. The summed E-state index contributed by atoms with van der Waals surface area (Å²) in [5, 5.41) is 0.479. The van der Waals surface area contributed by atoms with Crippen LogP contribution in [-0.2, 0) is 9.94 Å². The Hall–Kier alpha value is -0.430. The molecule has 0 amide bonds. The van der Waals surface area contributed by atoms with Crippen LogP contribution < -0.4 is 0 Å². The summed E-state index contributed by atoms with van der Waals surface area (Å²) in [7, 11) is 0.958. The van der Waals surface area contributed by atoms with Crippen molar-refractivity contribution in [1.29, 1.82) is 0 Å². The first-order chi connectivity index (χ1) is 9.22. The van der Waals surface area contributed by atoms with E-state index in [4.69, 9.17) is 15.8 Å². The Morgan fingerprint density at radius 1 is 1.32 bits per heavy atom. The van der Waals surface area contributed by atoms with Gasteiger partial charge in [0.2, 0.25) is 5.90 Å². The van der Waals surface area contributed by atoms with Crippen LogP contribution in [-0.4, -0.2) is 21.8 Å². The second-order valence-corrected chi connectivity index (χ2v) is 8.12. The lowest BCUT2D eigenvalue weighted by atomic mass is 10.2. The van der Waals surface area contributed by atoms with Gasteiger partial charge in [0.1, 0.15) is 9.80 Å². The Labute approximate surface area is 127 Å². The molecule has 19 heavy (non-hydrogen) atoms. The second-order valence-electron chi connectivity index (χ2n) is 4.06. The Bertz CT molecular complexity index is 595. The van der Waals surface area contributed by atoms with Gasteiger partial charge in [-0.1, -0.05) is 41.4 Å². The molecule has 2 aliphatic rings. The van der Waals surface area contributed by atoms with Crippen LogP contribution in [0, 0.1) is 6.92 Å². The molecule has 1 unspecified atom stereocenters. The summed E-state index contributed by atoms with van der Waals surface area (Å²) < 4.78 is 9.72. The Morgan fingerprint density at radius 3 is 2.84 bits per heavy atom. The van der Waals surface area contributed by atoms with Gasteiger partial charge in [0.25, 0.3) is 0 Å². The Kier molecular flexibility index (Phi) is 4.21. The van der Waals surface area contributed by atoms with Gasteiger partial charge in [0, 0.05) is 5.75 Å². The summed E-state index contributed by atoms with van der Waals surface area (Å²) in [6.07, 6.45) is 0. The number of benzene rings is 1. The van der Waals surface area contributed by atoms with E-state index >= 15 is 0 Å². The lowest BCUT2D eigenvalue weighted by Crippen LogP contribution is -2.03. The molecule has 0 N–H and O–H groups in total. The minimum absolute atomic E-state index is 0.398. The van der Waals surface area contributed by atoms with Crippen molar-refractivity contribution in [1.82, 2.24) is 0 Å². The number of thioether (sulfide) groups is 1. The van der Waals surface area contributed by atoms with E-state index < -0.39 is 9.80 Å². The van der Waals surface area contributed by atoms with Crippen molar-refractivity contribution in [2.24, 2.45) is 9.39 Å². The fourth-order valence-corrected chi connectivity index (χ4v) is 5.48. The number of hydrogen-bond donors (Lipinski definition) is 0. The van der Waals surface area contributed by atoms with E-state index in [-0.39, 0.29) is 0 Å². The Morgan fingerprint density at radius 2 is 2.11 bits per heavy atom. The maximum Gasteiger partial charge on any atom is 0.215 e. The highest BCUT2D eigenvalue weighted by molar-refractivity contribution is 8.82. The zero-order valence-corrected chi connectivity index (χ0v) is 13.3. The van der Waals surface area contributed by atoms with E-state index in [0.717, 1.165) is 22.4 Å². The molecule has 0 saturated carbocycles. The predicted molar refractivity (Wildman–Crippen MR) is 89.3 cm³/mol. The van der Waals surface area contributed by atoms with Gasteiger partial charge in [-0.3, -0.25) is 0 Å². The van der Waals surface area contributed by atoms with Crippen molar-refractivity contribution < 1.29 is 4.18 Å². The maximum absolute atomic E-state index is 5.93. The van der Waals surface area contributed by atoms with Crippen molar-refractivity contribution in [3.63, 3.8) is 0 Å². The normalized spacial score (nSPS) is 20.9. The van der Waals surface area contributed by atoms with E-state index in [9.17, 15) is 0 Å². The molecular formula is C12H11ClN2OS3. The van der Waals surface area contributed by atoms with E-state index in [2.05, 4.69) is 40.6 Å². The number of rotatable bonds is 4. The van der Waals surface area contributed by atoms with Crippen LogP contribution in [0.15, 0.2) is 33.7 Å². The largest absolute Gasteiger partial charge is 0.403 e. The quantitative estimate of drug-likeness (QED) is 0.471.